The van der Waals surface area contributed by atoms with Gasteiger partial charge in [-0.15, -0.1) is 11.3 Å². The van der Waals surface area contributed by atoms with Gasteiger partial charge in [-0.2, -0.15) is 0 Å². The van der Waals surface area contributed by atoms with E-state index in [1.54, 1.807) is 41.7 Å². The molecule has 0 aliphatic carbocycles. The Morgan fingerprint density at radius 3 is 2.68 bits per heavy atom. The van der Waals surface area contributed by atoms with Crippen molar-refractivity contribution in [2.24, 2.45) is 0 Å². The van der Waals surface area contributed by atoms with Crippen molar-refractivity contribution in [3.8, 4) is 10.6 Å². The third kappa shape index (κ3) is 4.87. The zero-order valence-corrected chi connectivity index (χ0v) is 15.5. The molecule has 128 valence electrons. The highest BCUT2D eigenvalue weighted by atomic mass is 79.9. The Morgan fingerprint density at radius 2 is 1.96 bits per heavy atom. The van der Waals surface area contributed by atoms with Gasteiger partial charge in [0.05, 0.1) is 11.3 Å². The molecule has 0 saturated carbocycles. The molecule has 25 heavy (non-hydrogen) atoms. The number of carbonyl (C=O) groups is 2. The van der Waals surface area contributed by atoms with Gasteiger partial charge in [0.1, 0.15) is 12.3 Å². The number of nitrogens with zero attached hydrogens (tertiary/aromatic N) is 1. The van der Waals surface area contributed by atoms with E-state index in [9.17, 15) is 9.59 Å². The molecule has 0 aliphatic heterocycles. The summed E-state index contributed by atoms with van der Waals surface area (Å²) in [7, 11) is 0. The fourth-order valence-electron chi connectivity index (χ4n) is 2.14. The fraction of sp³-hybridized carbons (Fsp3) is 0.167. The summed E-state index contributed by atoms with van der Waals surface area (Å²) in [5.41, 5.74) is 1.11. The lowest BCUT2D eigenvalue weighted by Crippen LogP contribution is -2.08. The molecular weight excluding hydrogens is 406 g/mol. The van der Waals surface area contributed by atoms with Gasteiger partial charge in [0.25, 0.3) is 0 Å². The largest absolute Gasteiger partial charge is 0.459 e. The lowest BCUT2D eigenvalue weighted by atomic mass is 10.1. The molecule has 0 unspecified atom stereocenters. The van der Waals surface area contributed by atoms with Crippen LogP contribution in [0.25, 0.3) is 10.6 Å². The van der Waals surface area contributed by atoms with E-state index >= 15 is 0 Å². The second-order valence-electron chi connectivity index (χ2n) is 5.25. The summed E-state index contributed by atoms with van der Waals surface area (Å²) in [6.45, 7) is 0.0280. The van der Waals surface area contributed by atoms with Crippen molar-refractivity contribution < 1.29 is 18.8 Å². The number of benzene rings is 1. The maximum absolute atomic E-state index is 12.0. The molecular formula is C18H14BrNO4S. The van der Waals surface area contributed by atoms with Crippen LogP contribution in [0, 0.1) is 0 Å². The van der Waals surface area contributed by atoms with Gasteiger partial charge in [-0.05, 0) is 23.6 Å². The van der Waals surface area contributed by atoms with E-state index < -0.39 is 5.97 Å². The minimum absolute atomic E-state index is 0.0280. The molecule has 0 N–H and O–H groups in total. The monoisotopic (exact) mass is 419 g/mol. The maximum Gasteiger partial charge on any atom is 0.306 e. The first-order valence-electron chi connectivity index (χ1n) is 7.55. The lowest BCUT2D eigenvalue weighted by Gasteiger charge is -2.03. The predicted molar refractivity (Wildman–Crippen MR) is 97.3 cm³/mol. The summed E-state index contributed by atoms with van der Waals surface area (Å²) in [4.78, 5) is 24.8. The predicted octanol–water partition coefficient (Wildman–Crippen LogP) is 4.87. The van der Waals surface area contributed by atoms with Crippen LogP contribution in [0.4, 0.5) is 0 Å². The van der Waals surface area contributed by atoms with Crippen molar-refractivity contribution in [3.05, 3.63) is 63.6 Å². The molecule has 2 heterocycles. The molecule has 0 fully saturated rings. The van der Waals surface area contributed by atoms with E-state index in [0.29, 0.717) is 17.0 Å². The quantitative estimate of drug-likeness (QED) is 0.403. The molecule has 3 aromatic rings. The van der Waals surface area contributed by atoms with E-state index in [2.05, 4.69) is 21.1 Å². The normalized spacial score (nSPS) is 10.6. The minimum atomic E-state index is -0.439. The molecule has 0 radical (unpaired) electrons. The summed E-state index contributed by atoms with van der Waals surface area (Å²) >= 11 is 4.86. The summed E-state index contributed by atoms with van der Waals surface area (Å²) in [6, 6.07) is 12.6. The zero-order chi connectivity index (χ0) is 17.6. The van der Waals surface area contributed by atoms with Gasteiger partial charge in [0.15, 0.2) is 11.5 Å². The van der Waals surface area contributed by atoms with E-state index in [-0.39, 0.29) is 25.2 Å². The van der Waals surface area contributed by atoms with Gasteiger partial charge < -0.3 is 9.26 Å². The molecule has 2 aromatic heterocycles. The summed E-state index contributed by atoms with van der Waals surface area (Å²) in [5, 5.41) is 5.82. The fourth-order valence-corrected chi connectivity index (χ4v) is 3.07. The van der Waals surface area contributed by atoms with Gasteiger partial charge in [-0.25, -0.2) is 0 Å². The Morgan fingerprint density at radius 1 is 1.16 bits per heavy atom. The smallest absolute Gasteiger partial charge is 0.306 e. The van der Waals surface area contributed by atoms with Crippen molar-refractivity contribution in [1.82, 2.24) is 5.16 Å². The van der Waals surface area contributed by atoms with E-state index in [1.807, 2.05) is 17.5 Å². The van der Waals surface area contributed by atoms with Gasteiger partial charge in [-0.3, -0.25) is 9.59 Å². The van der Waals surface area contributed by atoms with Gasteiger partial charge in [0.2, 0.25) is 0 Å². The van der Waals surface area contributed by atoms with Gasteiger partial charge in [-0.1, -0.05) is 39.3 Å². The molecule has 0 aliphatic rings. The Bertz CT molecular complexity index is 856. The highest BCUT2D eigenvalue weighted by Gasteiger charge is 2.12. The lowest BCUT2D eigenvalue weighted by molar-refractivity contribution is -0.145. The van der Waals surface area contributed by atoms with Crippen LogP contribution in [0.15, 0.2) is 56.8 Å². The minimum Gasteiger partial charge on any atom is -0.459 e. The van der Waals surface area contributed by atoms with Crippen LogP contribution in [0.5, 0.6) is 0 Å². The van der Waals surface area contributed by atoms with Crippen LogP contribution in [-0.2, 0) is 16.1 Å². The standard InChI is InChI=1S/C18H14BrNO4S/c19-13-5-3-12(4-6-13)15(21)7-8-18(22)23-11-14-10-16(24-20-14)17-2-1-9-25-17/h1-6,9-10H,7-8,11H2. The number of rotatable bonds is 7. The van der Waals surface area contributed by atoms with Crippen molar-refractivity contribution in [2.75, 3.05) is 0 Å². The Labute approximate surface area is 156 Å². The molecule has 7 heteroatoms. The first kappa shape index (κ1) is 17.6. The van der Waals surface area contributed by atoms with Gasteiger partial charge in [0, 0.05) is 22.5 Å². The second kappa shape index (κ2) is 8.22. The molecule has 0 bridgehead atoms. The Hall–Kier alpha value is -2.25. The molecule has 0 atom stereocenters. The van der Waals surface area contributed by atoms with Crippen LogP contribution in [-0.4, -0.2) is 16.9 Å². The summed E-state index contributed by atoms with van der Waals surface area (Å²) < 4.78 is 11.3. The molecule has 5 nitrogen and oxygen atoms in total. The van der Waals surface area contributed by atoms with E-state index in [0.717, 1.165) is 9.35 Å². The van der Waals surface area contributed by atoms with Gasteiger partial charge >= 0.3 is 5.97 Å². The average molecular weight is 420 g/mol. The first-order valence-corrected chi connectivity index (χ1v) is 9.23. The third-order valence-corrected chi connectivity index (χ3v) is 4.84. The van der Waals surface area contributed by atoms with E-state index in [1.165, 1.54) is 0 Å². The summed E-state index contributed by atoms with van der Waals surface area (Å²) in [6.07, 6.45) is 0.143. The van der Waals surface area contributed by atoms with Crippen LogP contribution in [0.3, 0.4) is 0 Å². The number of thiophene rings is 1. The number of aromatic nitrogens is 1. The topological polar surface area (TPSA) is 69.4 Å². The zero-order valence-electron chi connectivity index (χ0n) is 13.1. The average Bonchev–Trinajstić information content (AvgIpc) is 3.29. The molecule has 0 saturated heterocycles. The first-order chi connectivity index (χ1) is 12.1. The Kier molecular flexibility index (Phi) is 5.78. The number of carbonyl (C=O) groups excluding carboxylic acids is 2. The summed E-state index contributed by atoms with van der Waals surface area (Å²) in [5.74, 6) is 0.114. The number of esters is 1. The van der Waals surface area contributed by atoms with E-state index in [4.69, 9.17) is 9.26 Å². The Balaban J connectivity index is 1.45. The molecule has 1 aromatic carbocycles. The van der Waals surface area contributed by atoms with Crippen LogP contribution in [0.1, 0.15) is 28.9 Å². The van der Waals surface area contributed by atoms with Crippen molar-refractivity contribution in [3.63, 3.8) is 0 Å². The highest BCUT2D eigenvalue weighted by molar-refractivity contribution is 9.10. The van der Waals surface area contributed by atoms with Crippen molar-refractivity contribution in [1.29, 1.82) is 0 Å². The molecule has 0 amide bonds. The van der Waals surface area contributed by atoms with Crippen molar-refractivity contribution >= 4 is 39.0 Å². The molecule has 3 rings (SSSR count). The maximum atomic E-state index is 12.0. The third-order valence-electron chi connectivity index (χ3n) is 3.43. The van der Waals surface area contributed by atoms with Crippen LogP contribution < -0.4 is 0 Å². The SMILES string of the molecule is O=C(CCC(=O)c1ccc(Br)cc1)OCc1cc(-c2cccs2)on1. The number of Topliss-reactive ketones (excluding diaryl/α,β-unsaturated/α-hetero) is 1. The van der Waals surface area contributed by atoms with Crippen molar-refractivity contribution in [2.45, 2.75) is 19.4 Å². The second-order valence-corrected chi connectivity index (χ2v) is 7.11. The molecule has 0 spiro atoms. The van der Waals surface area contributed by atoms with Crippen LogP contribution in [0.2, 0.25) is 0 Å². The number of hydrogen-bond acceptors (Lipinski definition) is 6. The number of ketones is 1. The number of halogens is 1. The number of hydrogen-bond donors (Lipinski definition) is 0. The van der Waals surface area contributed by atoms with Crippen LogP contribution >= 0.6 is 27.3 Å². The highest BCUT2D eigenvalue weighted by Crippen LogP contribution is 2.25. The number of ether oxygens (including phenoxy) is 1.